The van der Waals surface area contributed by atoms with Gasteiger partial charge in [0.05, 0.1) is 0 Å². The van der Waals surface area contributed by atoms with E-state index >= 15 is 0 Å². The summed E-state index contributed by atoms with van der Waals surface area (Å²) in [7, 11) is 2.00. The fourth-order valence-corrected chi connectivity index (χ4v) is 2.49. The van der Waals surface area contributed by atoms with Gasteiger partial charge >= 0.3 is 6.61 Å². The van der Waals surface area contributed by atoms with Crippen molar-refractivity contribution in [2.24, 2.45) is 0 Å². The first kappa shape index (κ1) is 14.2. The first-order valence-electron chi connectivity index (χ1n) is 6.60. The van der Waals surface area contributed by atoms with Crippen molar-refractivity contribution in [3.63, 3.8) is 0 Å². The summed E-state index contributed by atoms with van der Waals surface area (Å²) >= 11 is 0. The van der Waals surface area contributed by atoms with E-state index < -0.39 is 6.61 Å². The van der Waals surface area contributed by atoms with Crippen LogP contribution in [0.4, 0.5) is 8.78 Å². The number of hydrogen-bond donors (Lipinski definition) is 1. The predicted octanol–water partition coefficient (Wildman–Crippen LogP) is 2.47. The molecule has 0 aromatic heterocycles. The van der Waals surface area contributed by atoms with Crippen LogP contribution in [0, 0.1) is 0 Å². The van der Waals surface area contributed by atoms with E-state index in [1.807, 2.05) is 19.2 Å². The summed E-state index contributed by atoms with van der Waals surface area (Å²) in [4.78, 5) is 2.14. The summed E-state index contributed by atoms with van der Waals surface area (Å²) in [6.45, 7) is -0.170. The molecule has 1 aromatic carbocycles. The first-order chi connectivity index (χ1) is 9.15. The number of nitrogens with zero attached hydrogens (tertiary/aromatic N) is 1. The van der Waals surface area contributed by atoms with Crippen LogP contribution in [0.2, 0.25) is 0 Å². The average Bonchev–Trinajstić information content (AvgIpc) is 2.83. The largest absolute Gasteiger partial charge is 0.434 e. The minimum absolute atomic E-state index is 0.267. The zero-order chi connectivity index (χ0) is 13.7. The lowest BCUT2D eigenvalue weighted by Gasteiger charge is -2.22. The summed E-state index contributed by atoms with van der Waals surface area (Å²) in [5, 5.41) is 3.43. The van der Waals surface area contributed by atoms with E-state index in [-0.39, 0.29) is 5.75 Å². The van der Waals surface area contributed by atoms with Crippen molar-refractivity contribution in [2.75, 3.05) is 20.1 Å². The van der Waals surface area contributed by atoms with Crippen LogP contribution in [0.1, 0.15) is 18.4 Å². The summed E-state index contributed by atoms with van der Waals surface area (Å²) in [5.74, 6) is 0.267. The van der Waals surface area contributed by atoms with Crippen LogP contribution in [-0.2, 0) is 6.54 Å². The van der Waals surface area contributed by atoms with Crippen molar-refractivity contribution >= 4 is 0 Å². The molecule has 1 saturated heterocycles. The van der Waals surface area contributed by atoms with Crippen LogP contribution < -0.4 is 10.1 Å². The highest BCUT2D eigenvalue weighted by Crippen LogP contribution is 2.21. The molecule has 0 saturated carbocycles. The Labute approximate surface area is 112 Å². The van der Waals surface area contributed by atoms with Gasteiger partial charge in [0.25, 0.3) is 0 Å². The molecule has 1 atom stereocenters. The molecule has 1 aliphatic rings. The number of halogens is 2. The fourth-order valence-electron chi connectivity index (χ4n) is 2.49. The third kappa shape index (κ3) is 4.44. The van der Waals surface area contributed by atoms with E-state index in [4.69, 9.17) is 0 Å². The van der Waals surface area contributed by atoms with Gasteiger partial charge in [0.1, 0.15) is 5.75 Å². The number of rotatable bonds is 6. The third-order valence-corrected chi connectivity index (χ3v) is 3.32. The van der Waals surface area contributed by atoms with E-state index in [0.717, 1.165) is 18.7 Å². The Morgan fingerprint density at radius 3 is 2.89 bits per heavy atom. The van der Waals surface area contributed by atoms with E-state index in [2.05, 4.69) is 15.0 Å². The van der Waals surface area contributed by atoms with Crippen molar-refractivity contribution in [1.82, 2.24) is 10.2 Å². The Bertz CT molecular complexity index is 395. The second-order valence-electron chi connectivity index (χ2n) is 4.98. The maximum absolute atomic E-state index is 12.3. The molecule has 0 amide bonds. The Kier molecular flexibility index (Phi) is 5.10. The van der Waals surface area contributed by atoms with Crippen molar-refractivity contribution in [3.05, 3.63) is 29.8 Å². The van der Waals surface area contributed by atoms with E-state index in [1.165, 1.54) is 12.8 Å². The summed E-state index contributed by atoms with van der Waals surface area (Å²) in [6.07, 6.45) is 2.39. The molecule has 1 heterocycles. The standard InChI is InChI=1S/C14H20F2N2O/c1-18(10-12-6-4-8-17-12)9-11-5-2-3-7-13(11)19-14(15)16/h2-3,5,7,12,14,17H,4,6,8-10H2,1H3. The number of likely N-dealkylation sites (N-methyl/N-ethyl adjacent to an activating group) is 1. The van der Waals surface area contributed by atoms with Crippen LogP contribution in [0.25, 0.3) is 0 Å². The molecule has 19 heavy (non-hydrogen) atoms. The maximum atomic E-state index is 12.3. The molecular formula is C14H20F2N2O. The number of ether oxygens (including phenoxy) is 1. The van der Waals surface area contributed by atoms with Gasteiger partial charge in [0.2, 0.25) is 0 Å². The van der Waals surface area contributed by atoms with Gasteiger partial charge in [0.15, 0.2) is 0 Å². The first-order valence-corrected chi connectivity index (χ1v) is 6.60. The number of alkyl halides is 2. The molecule has 1 aliphatic heterocycles. The molecule has 1 N–H and O–H groups in total. The predicted molar refractivity (Wildman–Crippen MR) is 70.4 cm³/mol. The van der Waals surface area contributed by atoms with Crippen LogP contribution in [-0.4, -0.2) is 37.7 Å². The Balaban J connectivity index is 1.93. The third-order valence-electron chi connectivity index (χ3n) is 3.32. The molecule has 3 nitrogen and oxygen atoms in total. The Morgan fingerprint density at radius 1 is 1.42 bits per heavy atom. The van der Waals surface area contributed by atoms with Gasteiger partial charge in [-0.25, -0.2) is 0 Å². The lowest BCUT2D eigenvalue weighted by atomic mass is 10.1. The molecule has 0 aliphatic carbocycles. The number of hydrogen-bond acceptors (Lipinski definition) is 3. The Hall–Kier alpha value is -1.20. The van der Waals surface area contributed by atoms with Crippen molar-refractivity contribution < 1.29 is 13.5 Å². The molecular weight excluding hydrogens is 250 g/mol. The lowest BCUT2D eigenvalue weighted by Crippen LogP contribution is -2.35. The quantitative estimate of drug-likeness (QED) is 0.859. The van der Waals surface area contributed by atoms with Crippen LogP contribution in [0.15, 0.2) is 24.3 Å². The molecule has 2 rings (SSSR count). The van der Waals surface area contributed by atoms with E-state index in [1.54, 1.807) is 12.1 Å². The van der Waals surface area contributed by atoms with Gasteiger partial charge in [0, 0.05) is 24.7 Å². The second kappa shape index (κ2) is 6.82. The van der Waals surface area contributed by atoms with Crippen LogP contribution >= 0.6 is 0 Å². The molecule has 1 fully saturated rings. The monoisotopic (exact) mass is 270 g/mol. The lowest BCUT2D eigenvalue weighted by molar-refractivity contribution is -0.0507. The smallest absolute Gasteiger partial charge is 0.387 e. The van der Waals surface area contributed by atoms with E-state index in [9.17, 15) is 8.78 Å². The highest BCUT2D eigenvalue weighted by atomic mass is 19.3. The molecule has 106 valence electrons. The van der Waals surface area contributed by atoms with E-state index in [0.29, 0.717) is 12.6 Å². The zero-order valence-corrected chi connectivity index (χ0v) is 11.1. The highest BCUT2D eigenvalue weighted by Gasteiger charge is 2.17. The maximum Gasteiger partial charge on any atom is 0.387 e. The van der Waals surface area contributed by atoms with Crippen molar-refractivity contribution in [2.45, 2.75) is 32.0 Å². The van der Waals surface area contributed by atoms with Gasteiger partial charge in [-0.15, -0.1) is 0 Å². The number of nitrogens with one attached hydrogen (secondary N) is 1. The highest BCUT2D eigenvalue weighted by molar-refractivity contribution is 5.33. The minimum Gasteiger partial charge on any atom is -0.434 e. The topological polar surface area (TPSA) is 24.5 Å². The summed E-state index contributed by atoms with van der Waals surface area (Å²) in [5.41, 5.74) is 0.795. The van der Waals surface area contributed by atoms with Crippen LogP contribution in [0.3, 0.4) is 0 Å². The molecule has 1 aromatic rings. The molecule has 0 spiro atoms. The van der Waals surface area contributed by atoms with Crippen molar-refractivity contribution in [3.8, 4) is 5.75 Å². The number of para-hydroxylation sites is 1. The molecule has 1 unspecified atom stereocenters. The van der Waals surface area contributed by atoms with Gasteiger partial charge in [-0.3, -0.25) is 0 Å². The SMILES string of the molecule is CN(Cc1ccccc1OC(F)F)CC1CCCN1. The van der Waals surface area contributed by atoms with Crippen molar-refractivity contribution in [1.29, 1.82) is 0 Å². The zero-order valence-electron chi connectivity index (χ0n) is 11.1. The summed E-state index contributed by atoms with van der Waals surface area (Å²) in [6, 6.07) is 7.47. The second-order valence-corrected chi connectivity index (χ2v) is 4.98. The molecule has 0 radical (unpaired) electrons. The van der Waals surface area contributed by atoms with Gasteiger partial charge in [-0.2, -0.15) is 8.78 Å². The van der Waals surface area contributed by atoms with Gasteiger partial charge in [-0.1, -0.05) is 18.2 Å². The van der Waals surface area contributed by atoms with Crippen LogP contribution in [0.5, 0.6) is 5.75 Å². The normalized spacial score (nSPS) is 19.3. The van der Waals surface area contributed by atoms with Gasteiger partial charge < -0.3 is 15.0 Å². The average molecular weight is 270 g/mol. The number of benzene rings is 1. The molecule has 5 heteroatoms. The minimum atomic E-state index is -2.78. The Morgan fingerprint density at radius 2 is 2.21 bits per heavy atom. The van der Waals surface area contributed by atoms with Gasteiger partial charge in [-0.05, 0) is 32.5 Å². The summed E-state index contributed by atoms with van der Waals surface area (Å²) < 4.78 is 29.2. The fraction of sp³-hybridized carbons (Fsp3) is 0.571. The molecule has 0 bridgehead atoms.